The minimum atomic E-state index is -0.253. The molecule has 0 saturated carbocycles. The van der Waals surface area contributed by atoms with Crippen molar-refractivity contribution in [2.24, 2.45) is 0 Å². The number of hydrogen-bond acceptors (Lipinski definition) is 2. The zero-order valence-electron chi connectivity index (χ0n) is 8.10. The molecular weight excluding hydrogens is 186 g/mol. The normalized spacial score (nSPS) is 11.4. The molecule has 13 heavy (non-hydrogen) atoms. The monoisotopic (exact) mass is 199 g/mol. The van der Waals surface area contributed by atoms with Crippen LogP contribution in [0.25, 0.3) is 0 Å². The third-order valence-corrected chi connectivity index (χ3v) is 1.81. The minimum absolute atomic E-state index is 0.253. The van der Waals surface area contributed by atoms with Crippen LogP contribution >= 0.6 is 11.6 Å². The maximum atomic E-state index is 5.95. The highest BCUT2D eigenvalue weighted by atomic mass is 35.5. The molecule has 1 rings (SSSR count). The van der Waals surface area contributed by atoms with Crippen molar-refractivity contribution in [3.05, 3.63) is 23.2 Å². The third-order valence-electron chi connectivity index (χ3n) is 1.41. The molecule has 3 heteroatoms. The average molecular weight is 200 g/mol. The molecule has 2 N–H and O–H groups in total. The van der Waals surface area contributed by atoms with Crippen molar-refractivity contribution < 1.29 is 4.74 Å². The Labute approximate surface area is 83.6 Å². The zero-order valence-corrected chi connectivity index (χ0v) is 8.85. The van der Waals surface area contributed by atoms with Crippen LogP contribution in [0.15, 0.2) is 18.2 Å². The average Bonchev–Trinajstić information content (AvgIpc) is 1.96. The molecule has 0 aromatic heterocycles. The van der Waals surface area contributed by atoms with Gasteiger partial charge in [0.25, 0.3) is 0 Å². The Kier molecular flexibility index (Phi) is 2.71. The second-order valence-electron chi connectivity index (χ2n) is 3.87. The van der Waals surface area contributed by atoms with Crippen molar-refractivity contribution in [2.45, 2.75) is 26.4 Å². The Morgan fingerprint density at radius 1 is 1.31 bits per heavy atom. The summed E-state index contributed by atoms with van der Waals surface area (Å²) in [5, 5.41) is 0.484. The number of ether oxygens (including phenoxy) is 1. The smallest absolute Gasteiger partial charge is 0.140 e. The first kappa shape index (κ1) is 10.2. The Balaban J connectivity index is 2.96. The van der Waals surface area contributed by atoms with E-state index < -0.39 is 0 Å². The van der Waals surface area contributed by atoms with E-state index in [1.807, 2.05) is 32.9 Å². The second-order valence-corrected chi connectivity index (χ2v) is 4.25. The number of halogens is 1. The molecule has 2 nitrogen and oxygen atoms in total. The van der Waals surface area contributed by atoms with E-state index in [2.05, 4.69) is 0 Å². The Bertz CT molecular complexity index is 304. The van der Waals surface area contributed by atoms with E-state index in [1.54, 1.807) is 6.07 Å². The highest BCUT2D eigenvalue weighted by Crippen LogP contribution is 2.31. The SMILES string of the molecule is CC(C)(C)Oc1cccc(N)c1Cl. The number of nitrogens with two attached hydrogens (primary N) is 1. The summed E-state index contributed by atoms with van der Waals surface area (Å²) in [6.07, 6.45) is 0. The highest BCUT2D eigenvalue weighted by molar-refractivity contribution is 6.34. The second kappa shape index (κ2) is 3.46. The van der Waals surface area contributed by atoms with Gasteiger partial charge in [-0.05, 0) is 32.9 Å². The summed E-state index contributed by atoms with van der Waals surface area (Å²) in [6.45, 7) is 5.89. The molecule has 0 saturated heterocycles. The Morgan fingerprint density at radius 2 is 1.92 bits per heavy atom. The number of benzene rings is 1. The number of nitrogen functional groups attached to an aromatic ring is 1. The van der Waals surface area contributed by atoms with Crippen molar-refractivity contribution in [3.8, 4) is 5.75 Å². The van der Waals surface area contributed by atoms with Gasteiger partial charge in [-0.25, -0.2) is 0 Å². The van der Waals surface area contributed by atoms with Gasteiger partial charge in [0.2, 0.25) is 0 Å². The van der Waals surface area contributed by atoms with Gasteiger partial charge in [0, 0.05) is 0 Å². The fourth-order valence-corrected chi connectivity index (χ4v) is 1.10. The summed E-state index contributed by atoms with van der Waals surface area (Å²) in [4.78, 5) is 0. The Morgan fingerprint density at radius 3 is 2.46 bits per heavy atom. The lowest BCUT2D eigenvalue weighted by Gasteiger charge is -2.22. The standard InChI is InChI=1S/C10H14ClNO/c1-10(2,3)13-8-6-4-5-7(12)9(8)11/h4-6H,12H2,1-3H3. The summed E-state index contributed by atoms with van der Waals surface area (Å²) in [5.41, 5.74) is 5.92. The molecule has 0 bridgehead atoms. The van der Waals surface area contributed by atoms with E-state index in [-0.39, 0.29) is 5.60 Å². The van der Waals surface area contributed by atoms with E-state index in [9.17, 15) is 0 Å². The molecule has 0 aliphatic heterocycles. The van der Waals surface area contributed by atoms with Gasteiger partial charge in [-0.1, -0.05) is 17.7 Å². The van der Waals surface area contributed by atoms with Crippen molar-refractivity contribution in [1.82, 2.24) is 0 Å². The van der Waals surface area contributed by atoms with Gasteiger partial charge in [-0.2, -0.15) is 0 Å². The van der Waals surface area contributed by atoms with Crippen molar-refractivity contribution >= 4 is 17.3 Å². The van der Waals surface area contributed by atoms with Gasteiger partial charge in [-0.15, -0.1) is 0 Å². The third kappa shape index (κ3) is 2.81. The van der Waals surface area contributed by atoms with Gasteiger partial charge < -0.3 is 10.5 Å². The lowest BCUT2D eigenvalue weighted by atomic mass is 10.2. The first-order valence-electron chi connectivity index (χ1n) is 4.13. The molecule has 0 aliphatic carbocycles. The fraction of sp³-hybridized carbons (Fsp3) is 0.400. The maximum absolute atomic E-state index is 5.95. The molecule has 0 spiro atoms. The lowest BCUT2D eigenvalue weighted by molar-refractivity contribution is 0.131. The van der Waals surface area contributed by atoms with Crippen LogP contribution in [0.5, 0.6) is 5.75 Å². The van der Waals surface area contributed by atoms with Crippen molar-refractivity contribution in [1.29, 1.82) is 0 Å². The van der Waals surface area contributed by atoms with Gasteiger partial charge in [-0.3, -0.25) is 0 Å². The predicted molar refractivity (Wildman–Crippen MR) is 56.2 cm³/mol. The van der Waals surface area contributed by atoms with Gasteiger partial charge in [0.1, 0.15) is 16.4 Å². The maximum Gasteiger partial charge on any atom is 0.140 e. The van der Waals surface area contributed by atoms with E-state index in [4.69, 9.17) is 22.1 Å². The van der Waals surface area contributed by atoms with Gasteiger partial charge in [0.15, 0.2) is 0 Å². The van der Waals surface area contributed by atoms with Crippen LogP contribution in [0.1, 0.15) is 20.8 Å². The number of hydrogen-bond donors (Lipinski definition) is 1. The molecule has 0 aliphatic rings. The molecule has 0 radical (unpaired) electrons. The predicted octanol–water partition coefficient (Wildman–Crippen LogP) is 3.10. The molecule has 0 fully saturated rings. The van der Waals surface area contributed by atoms with Crippen molar-refractivity contribution in [2.75, 3.05) is 5.73 Å². The van der Waals surface area contributed by atoms with Crippen LogP contribution in [0.4, 0.5) is 5.69 Å². The molecule has 0 heterocycles. The van der Waals surface area contributed by atoms with Crippen LogP contribution in [0.2, 0.25) is 5.02 Å². The fourth-order valence-electron chi connectivity index (χ4n) is 0.936. The summed E-state index contributed by atoms with van der Waals surface area (Å²) < 4.78 is 5.60. The van der Waals surface area contributed by atoms with Crippen LogP contribution in [-0.2, 0) is 0 Å². The Hall–Kier alpha value is -0.890. The van der Waals surface area contributed by atoms with Crippen LogP contribution in [0.3, 0.4) is 0 Å². The lowest BCUT2D eigenvalue weighted by Crippen LogP contribution is -2.23. The first-order chi connectivity index (χ1) is 5.90. The van der Waals surface area contributed by atoms with E-state index in [0.29, 0.717) is 16.5 Å². The summed E-state index contributed by atoms with van der Waals surface area (Å²) >= 11 is 5.95. The van der Waals surface area contributed by atoms with Crippen LogP contribution < -0.4 is 10.5 Å². The minimum Gasteiger partial charge on any atom is -0.487 e. The summed E-state index contributed by atoms with van der Waals surface area (Å²) in [5.74, 6) is 0.633. The molecule has 1 aromatic carbocycles. The molecule has 72 valence electrons. The molecule has 0 amide bonds. The van der Waals surface area contributed by atoms with E-state index in [1.165, 1.54) is 0 Å². The van der Waals surface area contributed by atoms with Gasteiger partial charge >= 0.3 is 0 Å². The molecule has 0 unspecified atom stereocenters. The molecular formula is C10H14ClNO. The molecule has 1 aromatic rings. The largest absolute Gasteiger partial charge is 0.487 e. The summed E-state index contributed by atoms with van der Waals surface area (Å²) in [6, 6.07) is 5.38. The summed E-state index contributed by atoms with van der Waals surface area (Å²) in [7, 11) is 0. The number of anilines is 1. The topological polar surface area (TPSA) is 35.2 Å². The van der Waals surface area contributed by atoms with Gasteiger partial charge in [0.05, 0.1) is 5.69 Å². The van der Waals surface area contributed by atoms with Crippen LogP contribution in [0, 0.1) is 0 Å². The number of rotatable bonds is 1. The quantitative estimate of drug-likeness (QED) is 0.706. The zero-order chi connectivity index (χ0) is 10.1. The first-order valence-corrected chi connectivity index (χ1v) is 4.51. The van der Waals surface area contributed by atoms with E-state index in [0.717, 1.165) is 0 Å². The van der Waals surface area contributed by atoms with E-state index >= 15 is 0 Å². The van der Waals surface area contributed by atoms with Crippen molar-refractivity contribution in [3.63, 3.8) is 0 Å². The molecule has 0 atom stereocenters. The highest BCUT2D eigenvalue weighted by Gasteiger charge is 2.14. The van der Waals surface area contributed by atoms with Crippen LogP contribution in [-0.4, -0.2) is 5.60 Å².